The molecule has 1 aromatic heterocycles. The molecule has 0 bridgehead atoms. The van der Waals surface area contributed by atoms with E-state index in [0.29, 0.717) is 30.8 Å². The number of piperidine rings is 1. The van der Waals surface area contributed by atoms with E-state index in [4.69, 9.17) is 23.2 Å². The largest absolute Gasteiger partial charge is 0.368 e. The summed E-state index contributed by atoms with van der Waals surface area (Å²) in [5, 5.41) is 2.83. The van der Waals surface area contributed by atoms with E-state index in [0.717, 1.165) is 74.2 Å². The molecule has 2 aromatic rings. The van der Waals surface area contributed by atoms with Gasteiger partial charge in [0, 0.05) is 49.8 Å². The van der Waals surface area contributed by atoms with Crippen LogP contribution in [0.1, 0.15) is 48.2 Å². The molecule has 0 radical (unpaired) electrons. The van der Waals surface area contributed by atoms with Crippen LogP contribution in [0.15, 0.2) is 55.3 Å². The van der Waals surface area contributed by atoms with E-state index in [1.54, 1.807) is 6.20 Å². The van der Waals surface area contributed by atoms with E-state index in [1.165, 1.54) is 6.08 Å². The number of aromatic nitrogens is 1. The summed E-state index contributed by atoms with van der Waals surface area (Å²) >= 11 is 12.0. The van der Waals surface area contributed by atoms with Gasteiger partial charge in [-0.2, -0.15) is 0 Å². The van der Waals surface area contributed by atoms with E-state index in [1.807, 2.05) is 41.3 Å². The SMILES string of the molecule is C=CC(=O)Nc1cccnc1CCCCC1CCN(C(=O)c2ccccc2N(CCCl)CCCl)CC1. The Kier molecular flexibility index (Phi) is 11.6. The zero-order valence-electron chi connectivity index (χ0n) is 20.8. The standard InChI is InChI=1S/C28H36Cl2N4O2/c1-2-27(35)32-25-11-7-17-31-24(25)10-5-3-8-22-13-18-34(19-14-22)28(36)23-9-4-6-12-26(23)33(20-15-29)21-16-30/h2,4,6-7,9,11-12,17,22H,1,3,5,8,10,13-16,18-21H2,(H,32,35). The van der Waals surface area contributed by atoms with Gasteiger partial charge < -0.3 is 15.1 Å². The van der Waals surface area contributed by atoms with Crippen molar-refractivity contribution in [3.05, 3.63) is 66.5 Å². The molecule has 0 unspecified atom stereocenters. The minimum Gasteiger partial charge on any atom is -0.368 e. The summed E-state index contributed by atoms with van der Waals surface area (Å²) in [6, 6.07) is 11.5. The highest BCUT2D eigenvalue weighted by Gasteiger charge is 2.26. The van der Waals surface area contributed by atoms with Crippen molar-refractivity contribution in [2.75, 3.05) is 48.2 Å². The number of amides is 2. The Morgan fingerprint density at radius 2 is 1.81 bits per heavy atom. The van der Waals surface area contributed by atoms with E-state index in [2.05, 4.69) is 21.8 Å². The van der Waals surface area contributed by atoms with Crippen LogP contribution in [0.4, 0.5) is 11.4 Å². The minimum absolute atomic E-state index is 0.0856. The van der Waals surface area contributed by atoms with Gasteiger partial charge in [0.05, 0.1) is 16.9 Å². The topological polar surface area (TPSA) is 65.5 Å². The highest BCUT2D eigenvalue weighted by atomic mass is 35.5. The maximum absolute atomic E-state index is 13.4. The first-order chi connectivity index (χ1) is 17.6. The Morgan fingerprint density at radius 3 is 2.50 bits per heavy atom. The molecule has 1 fully saturated rings. The van der Waals surface area contributed by atoms with Crippen LogP contribution in [0, 0.1) is 5.92 Å². The molecule has 0 saturated carbocycles. The maximum atomic E-state index is 13.4. The summed E-state index contributed by atoms with van der Waals surface area (Å²) in [5.41, 5.74) is 3.29. The lowest BCUT2D eigenvalue weighted by Gasteiger charge is -2.33. The van der Waals surface area contributed by atoms with Gasteiger partial charge in [-0.15, -0.1) is 23.2 Å². The minimum atomic E-state index is -0.223. The van der Waals surface area contributed by atoms with Crippen LogP contribution in [0.5, 0.6) is 0 Å². The number of aryl methyl sites for hydroxylation is 1. The van der Waals surface area contributed by atoms with Gasteiger partial charge in [-0.05, 0) is 61.9 Å². The fraction of sp³-hybridized carbons (Fsp3) is 0.464. The number of nitrogens with one attached hydrogen (secondary N) is 1. The molecular weight excluding hydrogens is 495 g/mol. The molecule has 0 atom stereocenters. The normalized spacial score (nSPS) is 13.9. The molecule has 1 N–H and O–H groups in total. The van der Waals surface area contributed by atoms with Crippen LogP contribution in [0.3, 0.4) is 0 Å². The van der Waals surface area contributed by atoms with Gasteiger partial charge in [0.25, 0.3) is 5.91 Å². The van der Waals surface area contributed by atoms with Gasteiger partial charge in [-0.1, -0.05) is 31.6 Å². The lowest BCUT2D eigenvalue weighted by atomic mass is 9.90. The third-order valence-electron chi connectivity index (χ3n) is 6.70. The van der Waals surface area contributed by atoms with Crippen molar-refractivity contribution in [3.8, 4) is 0 Å². The number of hydrogen-bond acceptors (Lipinski definition) is 4. The third kappa shape index (κ3) is 7.97. The van der Waals surface area contributed by atoms with E-state index in [-0.39, 0.29) is 11.8 Å². The molecule has 2 heterocycles. The summed E-state index contributed by atoms with van der Waals surface area (Å²) in [6.07, 6.45) is 9.13. The summed E-state index contributed by atoms with van der Waals surface area (Å²) < 4.78 is 0. The number of hydrogen-bond donors (Lipinski definition) is 1. The Bertz CT molecular complexity index is 1000. The predicted molar refractivity (Wildman–Crippen MR) is 149 cm³/mol. The lowest BCUT2D eigenvalue weighted by molar-refractivity contribution is -0.111. The van der Waals surface area contributed by atoms with Crippen molar-refractivity contribution in [2.24, 2.45) is 5.92 Å². The highest BCUT2D eigenvalue weighted by molar-refractivity contribution is 6.18. The van der Waals surface area contributed by atoms with Crippen molar-refractivity contribution in [1.82, 2.24) is 9.88 Å². The molecule has 8 heteroatoms. The van der Waals surface area contributed by atoms with Gasteiger partial charge in [0.1, 0.15) is 0 Å². The first-order valence-corrected chi connectivity index (χ1v) is 13.8. The molecule has 1 aliphatic heterocycles. The van der Waals surface area contributed by atoms with Gasteiger partial charge >= 0.3 is 0 Å². The number of benzene rings is 1. The third-order valence-corrected chi connectivity index (χ3v) is 7.03. The molecule has 1 aliphatic rings. The van der Waals surface area contributed by atoms with Crippen LogP contribution >= 0.6 is 23.2 Å². The Labute approximate surface area is 224 Å². The molecule has 0 spiro atoms. The Morgan fingerprint density at radius 1 is 1.08 bits per heavy atom. The number of unbranched alkanes of at least 4 members (excludes halogenated alkanes) is 1. The second-order valence-corrected chi connectivity index (χ2v) is 9.81. The summed E-state index contributed by atoms with van der Waals surface area (Å²) in [7, 11) is 0. The summed E-state index contributed by atoms with van der Waals surface area (Å²) in [6.45, 7) is 6.37. The quantitative estimate of drug-likeness (QED) is 0.203. The van der Waals surface area contributed by atoms with Gasteiger partial charge in [0.15, 0.2) is 0 Å². The van der Waals surface area contributed by atoms with Crippen molar-refractivity contribution < 1.29 is 9.59 Å². The number of carbonyl (C=O) groups excluding carboxylic acids is 2. The van der Waals surface area contributed by atoms with E-state index >= 15 is 0 Å². The van der Waals surface area contributed by atoms with Crippen molar-refractivity contribution >= 4 is 46.4 Å². The van der Waals surface area contributed by atoms with E-state index < -0.39 is 0 Å². The number of nitrogens with zero attached hydrogens (tertiary/aromatic N) is 3. The van der Waals surface area contributed by atoms with Crippen LogP contribution in [0.25, 0.3) is 0 Å². The number of halogens is 2. The second kappa shape index (κ2) is 14.9. The lowest BCUT2D eigenvalue weighted by Crippen LogP contribution is -2.39. The maximum Gasteiger partial charge on any atom is 0.255 e. The number of alkyl halides is 2. The van der Waals surface area contributed by atoms with Crippen molar-refractivity contribution in [1.29, 1.82) is 0 Å². The molecule has 6 nitrogen and oxygen atoms in total. The number of likely N-dealkylation sites (tertiary alicyclic amines) is 1. The van der Waals surface area contributed by atoms with Crippen molar-refractivity contribution in [3.63, 3.8) is 0 Å². The van der Waals surface area contributed by atoms with Gasteiger partial charge in [-0.25, -0.2) is 0 Å². The summed E-state index contributed by atoms with van der Waals surface area (Å²) in [5.74, 6) is 1.45. The van der Waals surface area contributed by atoms with Crippen LogP contribution in [-0.2, 0) is 11.2 Å². The van der Waals surface area contributed by atoms with Crippen molar-refractivity contribution in [2.45, 2.75) is 38.5 Å². The molecular formula is C28H36Cl2N4O2. The number of carbonyl (C=O) groups is 2. The highest BCUT2D eigenvalue weighted by Crippen LogP contribution is 2.27. The first kappa shape index (κ1) is 28.0. The number of para-hydroxylation sites is 1. The Balaban J connectivity index is 1.48. The Hall–Kier alpha value is -2.57. The molecule has 36 heavy (non-hydrogen) atoms. The average molecular weight is 532 g/mol. The molecule has 1 saturated heterocycles. The van der Waals surface area contributed by atoms with Gasteiger partial charge in [0.2, 0.25) is 5.91 Å². The van der Waals surface area contributed by atoms with E-state index in [9.17, 15) is 9.59 Å². The average Bonchev–Trinajstić information content (AvgIpc) is 2.91. The fourth-order valence-electron chi connectivity index (χ4n) is 4.74. The molecule has 0 aliphatic carbocycles. The molecule has 1 aromatic carbocycles. The number of pyridine rings is 1. The zero-order chi connectivity index (χ0) is 25.8. The summed E-state index contributed by atoms with van der Waals surface area (Å²) in [4.78, 5) is 33.5. The van der Waals surface area contributed by atoms with Crippen LogP contribution in [-0.4, -0.2) is 59.6 Å². The predicted octanol–water partition coefficient (Wildman–Crippen LogP) is 5.76. The first-order valence-electron chi connectivity index (χ1n) is 12.7. The molecule has 3 rings (SSSR count). The van der Waals surface area contributed by atoms with Gasteiger partial charge in [-0.3, -0.25) is 14.6 Å². The molecule has 194 valence electrons. The molecule has 2 amide bonds. The number of rotatable bonds is 13. The smallest absolute Gasteiger partial charge is 0.255 e. The monoisotopic (exact) mass is 530 g/mol. The number of anilines is 2. The van der Waals surface area contributed by atoms with Crippen LogP contribution < -0.4 is 10.2 Å². The second-order valence-electron chi connectivity index (χ2n) is 9.05. The fourth-order valence-corrected chi connectivity index (χ4v) is 5.15. The zero-order valence-corrected chi connectivity index (χ0v) is 22.3. The van der Waals surface area contributed by atoms with Crippen LogP contribution in [0.2, 0.25) is 0 Å².